The van der Waals surface area contributed by atoms with Crippen molar-refractivity contribution in [3.8, 4) is 5.69 Å². The van der Waals surface area contributed by atoms with Gasteiger partial charge in [-0.15, -0.1) is 0 Å². The van der Waals surface area contributed by atoms with Gasteiger partial charge in [0.15, 0.2) is 0 Å². The number of nitrogens with zero attached hydrogens (tertiary/aromatic N) is 3. The van der Waals surface area contributed by atoms with Crippen LogP contribution in [0.4, 0.5) is 4.39 Å². The lowest BCUT2D eigenvalue weighted by Gasteiger charge is -2.08. The highest BCUT2D eigenvalue weighted by molar-refractivity contribution is 9.10. The van der Waals surface area contributed by atoms with Crippen molar-refractivity contribution in [2.45, 2.75) is 0 Å². The maximum atomic E-state index is 13.8. The summed E-state index contributed by atoms with van der Waals surface area (Å²) in [6.07, 6.45) is 1.60. The minimum atomic E-state index is -0.386. The summed E-state index contributed by atoms with van der Waals surface area (Å²) in [5.41, 5.74) is 0.679. The summed E-state index contributed by atoms with van der Waals surface area (Å²) in [6.45, 7) is 0. The van der Waals surface area contributed by atoms with E-state index in [1.807, 2.05) is 0 Å². The van der Waals surface area contributed by atoms with Crippen molar-refractivity contribution in [3.05, 3.63) is 57.2 Å². The summed E-state index contributed by atoms with van der Waals surface area (Å²) < 4.78 is 17.2. The van der Waals surface area contributed by atoms with Gasteiger partial charge in [0.05, 0.1) is 10.7 Å². The molecule has 0 bridgehead atoms. The van der Waals surface area contributed by atoms with Gasteiger partial charge in [-0.2, -0.15) is 5.10 Å². The average molecular weight is 322 g/mol. The van der Waals surface area contributed by atoms with Crippen LogP contribution in [0.25, 0.3) is 16.7 Å². The largest absolute Gasteiger partial charge is 0.295 e. The lowest BCUT2D eigenvalue weighted by molar-refractivity contribution is 0.611. The first-order chi connectivity index (χ1) is 9.09. The van der Waals surface area contributed by atoms with Gasteiger partial charge < -0.3 is 0 Å². The van der Waals surface area contributed by atoms with Gasteiger partial charge in [-0.3, -0.25) is 9.36 Å². The molecule has 0 aliphatic rings. The van der Waals surface area contributed by atoms with Gasteiger partial charge in [0.2, 0.25) is 0 Å². The van der Waals surface area contributed by atoms with Gasteiger partial charge in [0, 0.05) is 12.4 Å². The van der Waals surface area contributed by atoms with Gasteiger partial charge in [0.1, 0.15) is 17.2 Å². The smallest absolute Gasteiger partial charge is 0.266 e. The second kappa shape index (κ2) is 4.31. The van der Waals surface area contributed by atoms with Crippen LogP contribution in [0.3, 0.4) is 0 Å². The lowest BCUT2D eigenvalue weighted by atomic mass is 10.3. The number of hydrogen-bond donors (Lipinski definition) is 0. The molecule has 1 aromatic carbocycles. The van der Waals surface area contributed by atoms with Crippen LogP contribution in [0.1, 0.15) is 0 Å². The number of halogens is 2. The van der Waals surface area contributed by atoms with Crippen LogP contribution in [-0.2, 0) is 7.05 Å². The maximum Gasteiger partial charge on any atom is 0.266 e. The van der Waals surface area contributed by atoms with E-state index in [-0.39, 0.29) is 11.4 Å². The van der Waals surface area contributed by atoms with E-state index in [1.165, 1.54) is 15.3 Å². The van der Waals surface area contributed by atoms with E-state index in [0.717, 1.165) is 5.39 Å². The van der Waals surface area contributed by atoms with Crippen LogP contribution in [0, 0.1) is 5.82 Å². The zero-order valence-corrected chi connectivity index (χ0v) is 11.6. The van der Waals surface area contributed by atoms with Crippen molar-refractivity contribution in [2.24, 2.45) is 7.05 Å². The Balaban J connectivity index is 2.42. The summed E-state index contributed by atoms with van der Waals surface area (Å²) in [7, 11) is 1.63. The maximum absolute atomic E-state index is 13.8. The monoisotopic (exact) mass is 321 g/mol. The number of aromatic nitrogens is 3. The minimum Gasteiger partial charge on any atom is -0.295 e. The van der Waals surface area contributed by atoms with Crippen LogP contribution >= 0.6 is 15.9 Å². The third-order valence-electron chi connectivity index (χ3n) is 2.96. The zero-order chi connectivity index (χ0) is 13.6. The summed E-state index contributed by atoms with van der Waals surface area (Å²) in [4.78, 5) is 11.9. The first-order valence-corrected chi connectivity index (χ1v) is 6.37. The van der Waals surface area contributed by atoms with Crippen LogP contribution in [-0.4, -0.2) is 14.3 Å². The van der Waals surface area contributed by atoms with Gasteiger partial charge in [-0.05, 0) is 34.1 Å². The Morgan fingerprint density at radius 3 is 2.79 bits per heavy atom. The molecule has 96 valence electrons. The van der Waals surface area contributed by atoms with Crippen molar-refractivity contribution in [2.75, 3.05) is 0 Å². The van der Waals surface area contributed by atoms with Gasteiger partial charge >= 0.3 is 0 Å². The average Bonchev–Trinajstić information content (AvgIpc) is 2.80. The second-order valence-electron chi connectivity index (χ2n) is 4.14. The third kappa shape index (κ3) is 1.79. The Kier molecular flexibility index (Phi) is 2.74. The Morgan fingerprint density at radius 2 is 2.05 bits per heavy atom. The van der Waals surface area contributed by atoms with E-state index in [4.69, 9.17) is 0 Å². The molecule has 0 radical (unpaired) electrons. The fraction of sp³-hybridized carbons (Fsp3) is 0.0769. The molecule has 0 fully saturated rings. The fourth-order valence-corrected chi connectivity index (χ4v) is 2.56. The Hall–Kier alpha value is -1.95. The standard InChI is InChI=1S/C13H9BrFN3O/c1-17-12-8(6-9(14)13(17)19)7-16-18(12)11-5-3-2-4-10(11)15/h2-7H,1H3. The molecule has 0 saturated heterocycles. The summed E-state index contributed by atoms with van der Waals surface area (Å²) in [6, 6.07) is 8.00. The van der Waals surface area contributed by atoms with Crippen molar-refractivity contribution in [1.82, 2.24) is 14.3 Å². The van der Waals surface area contributed by atoms with Crippen LogP contribution in [0.15, 0.2) is 45.8 Å². The molecule has 3 aromatic rings. The van der Waals surface area contributed by atoms with E-state index >= 15 is 0 Å². The molecule has 0 aliphatic heterocycles. The Bertz CT molecular complexity index is 838. The number of pyridine rings is 1. The first-order valence-electron chi connectivity index (χ1n) is 5.58. The van der Waals surface area contributed by atoms with E-state index in [0.29, 0.717) is 15.8 Å². The van der Waals surface area contributed by atoms with Crippen molar-refractivity contribution in [3.63, 3.8) is 0 Å². The van der Waals surface area contributed by atoms with Crippen LogP contribution < -0.4 is 5.56 Å². The minimum absolute atomic E-state index is 0.189. The number of benzene rings is 1. The molecule has 0 unspecified atom stereocenters. The molecular weight excluding hydrogens is 313 g/mol. The molecule has 0 saturated carbocycles. The highest BCUT2D eigenvalue weighted by Gasteiger charge is 2.13. The fourth-order valence-electron chi connectivity index (χ4n) is 2.05. The lowest BCUT2D eigenvalue weighted by Crippen LogP contribution is -2.19. The molecule has 6 heteroatoms. The normalized spacial score (nSPS) is 11.1. The SMILES string of the molecule is Cn1c(=O)c(Br)cc2cnn(-c3ccccc3F)c21. The van der Waals surface area contributed by atoms with Crippen molar-refractivity contribution in [1.29, 1.82) is 0 Å². The molecule has 2 aromatic heterocycles. The molecule has 19 heavy (non-hydrogen) atoms. The first kappa shape index (κ1) is 12.1. The van der Waals surface area contributed by atoms with E-state index in [1.54, 1.807) is 37.5 Å². The molecule has 3 rings (SSSR count). The highest BCUT2D eigenvalue weighted by atomic mass is 79.9. The highest BCUT2D eigenvalue weighted by Crippen LogP contribution is 2.20. The molecule has 2 heterocycles. The Morgan fingerprint density at radius 1 is 1.32 bits per heavy atom. The molecule has 0 spiro atoms. The number of rotatable bonds is 1. The number of fused-ring (bicyclic) bond motifs is 1. The topological polar surface area (TPSA) is 39.8 Å². The number of hydrogen-bond acceptors (Lipinski definition) is 2. The summed E-state index contributed by atoms with van der Waals surface area (Å²) in [5.74, 6) is -0.386. The van der Waals surface area contributed by atoms with Gasteiger partial charge in [-0.1, -0.05) is 12.1 Å². The second-order valence-corrected chi connectivity index (χ2v) is 5.00. The van der Waals surface area contributed by atoms with E-state index in [2.05, 4.69) is 21.0 Å². The van der Waals surface area contributed by atoms with Crippen molar-refractivity contribution < 1.29 is 4.39 Å². The van der Waals surface area contributed by atoms with Gasteiger partial charge in [0.25, 0.3) is 5.56 Å². The van der Waals surface area contributed by atoms with Crippen LogP contribution in [0.2, 0.25) is 0 Å². The Labute approximate surface area is 116 Å². The van der Waals surface area contributed by atoms with Crippen LogP contribution in [0.5, 0.6) is 0 Å². The third-order valence-corrected chi connectivity index (χ3v) is 3.53. The van der Waals surface area contributed by atoms with Crippen molar-refractivity contribution >= 4 is 27.0 Å². The molecule has 4 nitrogen and oxygen atoms in total. The summed E-state index contributed by atoms with van der Waals surface area (Å²) >= 11 is 3.20. The molecule has 0 aliphatic carbocycles. The number of aryl methyl sites for hydroxylation is 1. The molecule has 0 atom stereocenters. The molecular formula is C13H9BrFN3O. The predicted molar refractivity (Wildman–Crippen MR) is 74.0 cm³/mol. The molecule has 0 amide bonds. The zero-order valence-electron chi connectivity index (χ0n) is 9.97. The van der Waals surface area contributed by atoms with Gasteiger partial charge in [-0.25, -0.2) is 9.07 Å². The molecule has 0 N–H and O–H groups in total. The quantitative estimate of drug-likeness (QED) is 0.691. The van der Waals surface area contributed by atoms with E-state index in [9.17, 15) is 9.18 Å². The predicted octanol–water partition coefficient (Wildman–Crippen LogP) is 2.63. The summed E-state index contributed by atoms with van der Waals surface area (Å²) in [5, 5.41) is 4.93. The number of para-hydroxylation sites is 1. The van der Waals surface area contributed by atoms with E-state index < -0.39 is 0 Å².